The Bertz CT molecular complexity index is 555. The van der Waals surface area contributed by atoms with Crippen LogP contribution in [0.15, 0.2) is 29.1 Å². The normalized spacial score (nSPS) is 10.2. The molecule has 0 saturated heterocycles. The van der Waals surface area contributed by atoms with Gasteiger partial charge in [0.15, 0.2) is 0 Å². The highest BCUT2D eigenvalue weighted by Gasteiger charge is 2.13. The van der Waals surface area contributed by atoms with Crippen LogP contribution in [-0.2, 0) is 11.2 Å². The number of hydrogen-bond donors (Lipinski definition) is 2. The Morgan fingerprint density at radius 3 is 3.11 bits per heavy atom. The summed E-state index contributed by atoms with van der Waals surface area (Å²) in [6, 6.07) is 3.63. The first-order valence-corrected chi connectivity index (χ1v) is 6.74. The molecule has 0 bridgehead atoms. The minimum absolute atomic E-state index is 0.354. The van der Waals surface area contributed by atoms with Gasteiger partial charge in [-0.15, -0.1) is 0 Å². The molecule has 0 aliphatic rings. The quantitative estimate of drug-likeness (QED) is 0.819. The number of nitrogens with two attached hydrogens (primary N) is 1. The summed E-state index contributed by atoms with van der Waals surface area (Å²) in [5.41, 5.74) is 7.67. The van der Waals surface area contributed by atoms with Crippen LogP contribution in [0.3, 0.4) is 0 Å². The van der Waals surface area contributed by atoms with Gasteiger partial charge in [0.05, 0.1) is 19.0 Å². The molecule has 0 saturated carbocycles. The number of nitrogen functional groups attached to an aromatic ring is 1. The van der Waals surface area contributed by atoms with Gasteiger partial charge in [-0.25, -0.2) is 9.78 Å². The Morgan fingerprint density at radius 2 is 2.42 bits per heavy atom. The average Bonchev–Trinajstić information content (AvgIpc) is 2.92. The number of carbonyl (C=O) groups is 1. The van der Waals surface area contributed by atoms with Crippen molar-refractivity contribution >= 4 is 28.8 Å². The molecule has 6 heteroatoms. The van der Waals surface area contributed by atoms with Gasteiger partial charge >= 0.3 is 5.97 Å². The lowest BCUT2D eigenvalue weighted by Gasteiger charge is -2.09. The summed E-state index contributed by atoms with van der Waals surface area (Å²) >= 11 is 1.67. The number of methoxy groups -OCH3 is 1. The third kappa shape index (κ3) is 3.45. The number of thiophene rings is 1. The van der Waals surface area contributed by atoms with E-state index in [1.54, 1.807) is 17.4 Å². The van der Waals surface area contributed by atoms with Gasteiger partial charge < -0.3 is 15.8 Å². The van der Waals surface area contributed by atoms with Crippen molar-refractivity contribution in [2.75, 3.05) is 24.7 Å². The monoisotopic (exact) mass is 277 g/mol. The van der Waals surface area contributed by atoms with Crippen molar-refractivity contribution in [2.45, 2.75) is 6.42 Å². The number of hydrogen-bond acceptors (Lipinski definition) is 6. The molecule has 0 fully saturated rings. The number of pyridine rings is 1. The minimum atomic E-state index is -0.446. The van der Waals surface area contributed by atoms with E-state index in [4.69, 9.17) is 10.5 Å². The second-order valence-electron chi connectivity index (χ2n) is 3.96. The second kappa shape index (κ2) is 6.19. The lowest BCUT2D eigenvalue weighted by Crippen LogP contribution is -2.12. The van der Waals surface area contributed by atoms with Gasteiger partial charge in [-0.2, -0.15) is 11.3 Å². The molecule has 0 aromatic carbocycles. The fourth-order valence-corrected chi connectivity index (χ4v) is 2.35. The molecule has 0 aliphatic carbocycles. The molecule has 2 aromatic heterocycles. The molecule has 0 amide bonds. The van der Waals surface area contributed by atoms with Crippen LogP contribution in [0.1, 0.15) is 15.9 Å². The number of aromatic nitrogens is 1. The molecular weight excluding hydrogens is 262 g/mol. The van der Waals surface area contributed by atoms with Crippen LogP contribution in [0, 0.1) is 0 Å². The SMILES string of the molecule is COC(=O)c1cc(N)cnc1NCCc1ccsc1. The number of rotatable bonds is 5. The average molecular weight is 277 g/mol. The Kier molecular flexibility index (Phi) is 4.35. The van der Waals surface area contributed by atoms with Gasteiger partial charge in [-0.3, -0.25) is 0 Å². The lowest BCUT2D eigenvalue weighted by molar-refractivity contribution is 0.0601. The number of carbonyl (C=O) groups excluding carboxylic acids is 1. The topological polar surface area (TPSA) is 77.2 Å². The first kappa shape index (κ1) is 13.4. The molecule has 0 aliphatic heterocycles. The van der Waals surface area contributed by atoms with E-state index in [9.17, 15) is 4.79 Å². The van der Waals surface area contributed by atoms with Crippen molar-refractivity contribution in [3.63, 3.8) is 0 Å². The van der Waals surface area contributed by atoms with Crippen molar-refractivity contribution in [1.82, 2.24) is 4.98 Å². The summed E-state index contributed by atoms with van der Waals surface area (Å²) in [5, 5.41) is 7.27. The molecule has 0 unspecified atom stereocenters. The molecule has 3 N–H and O–H groups in total. The van der Waals surface area contributed by atoms with E-state index in [0.29, 0.717) is 23.6 Å². The van der Waals surface area contributed by atoms with Crippen molar-refractivity contribution in [3.8, 4) is 0 Å². The maximum atomic E-state index is 11.6. The Labute approximate surface area is 115 Å². The van der Waals surface area contributed by atoms with Gasteiger partial charge in [0.25, 0.3) is 0 Å². The van der Waals surface area contributed by atoms with E-state index in [2.05, 4.69) is 21.7 Å². The van der Waals surface area contributed by atoms with E-state index in [1.165, 1.54) is 18.9 Å². The zero-order valence-corrected chi connectivity index (χ0v) is 11.4. The Morgan fingerprint density at radius 1 is 1.58 bits per heavy atom. The highest BCUT2D eigenvalue weighted by Crippen LogP contribution is 2.17. The summed E-state index contributed by atoms with van der Waals surface area (Å²) < 4.78 is 4.71. The van der Waals surface area contributed by atoms with Gasteiger partial charge in [-0.05, 0) is 34.9 Å². The maximum absolute atomic E-state index is 11.6. The van der Waals surface area contributed by atoms with Crippen LogP contribution < -0.4 is 11.1 Å². The second-order valence-corrected chi connectivity index (χ2v) is 4.74. The molecule has 100 valence electrons. The largest absolute Gasteiger partial charge is 0.465 e. The Hall–Kier alpha value is -2.08. The molecule has 5 nitrogen and oxygen atoms in total. The highest BCUT2D eigenvalue weighted by atomic mass is 32.1. The van der Waals surface area contributed by atoms with Crippen LogP contribution in [0.5, 0.6) is 0 Å². The number of anilines is 2. The zero-order chi connectivity index (χ0) is 13.7. The molecule has 0 radical (unpaired) electrons. The third-order valence-electron chi connectivity index (χ3n) is 2.60. The van der Waals surface area contributed by atoms with Gasteiger partial charge in [0, 0.05) is 6.54 Å². The number of esters is 1. The molecule has 2 heterocycles. The summed E-state index contributed by atoms with van der Waals surface area (Å²) in [4.78, 5) is 15.8. The standard InChI is InChI=1S/C13H15N3O2S/c1-18-13(17)11-6-10(14)7-16-12(11)15-4-2-9-3-5-19-8-9/h3,5-8H,2,4,14H2,1H3,(H,15,16). The van der Waals surface area contributed by atoms with E-state index in [-0.39, 0.29) is 0 Å². The number of nitrogens with one attached hydrogen (secondary N) is 1. The number of nitrogens with zero attached hydrogens (tertiary/aromatic N) is 1. The first-order chi connectivity index (χ1) is 9.20. The van der Waals surface area contributed by atoms with E-state index in [0.717, 1.165) is 6.42 Å². The highest BCUT2D eigenvalue weighted by molar-refractivity contribution is 7.07. The van der Waals surface area contributed by atoms with Crippen LogP contribution in [0.4, 0.5) is 11.5 Å². The van der Waals surface area contributed by atoms with Gasteiger partial charge in [-0.1, -0.05) is 0 Å². The lowest BCUT2D eigenvalue weighted by atomic mass is 10.2. The van der Waals surface area contributed by atoms with Crippen LogP contribution in [-0.4, -0.2) is 24.6 Å². The van der Waals surface area contributed by atoms with Crippen LogP contribution in [0.25, 0.3) is 0 Å². The fraction of sp³-hybridized carbons (Fsp3) is 0.231. The maximum Gasteiger partial charge on any atom is 0.341 e. The summed E-state index contributed by atoms with van der Waals surface area (Å²) in [5.74, 6) is 0.0501. The number of ether oxygens (including phenoxy) is 1. The van der Waals surface area contributed by atoms with Gasteiger partial charge in [0.1, 0.15) is 11.4 Å². The molecule has 19 heavy (non-hydrogen) atoms. The molecule has 2 aromatic rings. The predicted octanol–water partition coefficient (Wildman–Crippen LogP) is 2.17. The summed E-state index contributed by atoms with van der Waals surface area (Å²) in [7, 11) is 1.33. The molecular formula is C13H15N3O2S. The van der Waals surface area contributed by atoms with Gasteiger partial charge in [0.2, 0.25) is 0 Å². The summed E-state index contributed by atoms with van der Waals surface area (Å²) in [6.07, 6.45) is 2.38. The minimum Gasteiger partial charge on any atom is -0.465 e. The van der Waals surface area contributed by atoms with Crippen molar-refractivity contribution in [3.05, 3.63) is 40.2 Å². The van der Waals surface area contributed by atoms with Crippen LogP contribution in [0.2, 0.25) is 0 Å². The van der Waals surface area contributed by atoms with E-state index < -0.39 is 5.97 Å². The molecule has 0 atom stereocenters. The van der Waals surface area contributed by atoms with Crippen molar-refractivity contribution in [1.29, 1.82) is 0 Å². The summed E-state index contributed by atoms with van der Waals surface area (Å²) in [6.45, 7) is 0.692. The smallest absolute Gasteiger partial charge is 0.341 e. The van der Waals surface area contributed by atoms with Crippen LogP contribution >= 0.6 is 11.3 Å². The Balaban J connectivity index is 2.04. The predicted molar refractivity (Wildman–Crippen MR) is 76.5 cm³/mol. The van der Waals surface area contributed by atoms with Crippen molar-refractivity contribution in [2.24, 2.45) is 0 Å². The van der Waals surface area contributed by atoms with E-state index >= 15 is 0 Å². The first-order valence-electron chi connectivity index (χ1n) is 5.79. The molecule has 2 rings (SSSR count). The zero-order valence-electron chi connectivity index (χ0n) is 10.6. The fourth-order valence-electron chi connectivity index (χ4n) is 1.65. The van der Waals surface area contributed by atoms with Crippen molar-refractivity contribution < 1.29 is 9.53 Å². The molecule has 0 spiro atoms. The third-order valence-corrected chi connectivity index (χ3v) is 3.33. The van der Waals surface area contributed by atoms with E-state index in [1.807, 2.05) is 5.38 Å².